The number of carbonyl (C=O) groups is 1. The molecule has 1 aromatic heterocycles. The first-order valence-electron chi connectivity index (χ1n) is 6.72. The fourth-order valence-corrected chi connectivity index (χ4v) is 2.03. The number of aliphatic carboxylic acids is 1. The molecule has 0 radical (unpaired) electrons. The van der Waals surface area contributed by atoms with Crippen molar-refractivity contribution in [3.63, 3.8) is 0 Å². The van der Waals surface area contributed by atoms with Crippen LogP contribution in [0, 0.1) is 5.92 Å². The van der Waals surface area contributed by atoms with Gasteiger partial charge in [-0.2, -0.15) is 0 Å². The number of carboxylic acids is 1. The van der Waals surface area contributed by atoms with E-state index in [1.807, 2.05) is 10.9 Å². The molecule has 0 spiro atoms. The molecule has 5 nitrogen and oxygen atoms in total. The van der Waals surface area contributed by atoms with Gasteiger partial charge in [-0.3, -0.25) is 9.48 Å². The van der Waals surface area contributed by atoms with Crippen LogP contribution in [-0.2, 0) is 17.8 Å². The average Bonchev–Trinajstić information content (AvgIpc) is 2.72. The molecule has 0 amide bonds. The van der Waals surface area contributed by atoms with Crippen LogP contribution >= 0.6 is 0 Å². The second-order valence-corrected chi connectivity index (χ2v) is 4.93. The summed E-state index contributed by atoms with van der Waals surface area (Å²) >= 11 is 0. The Labute approximate surface area is 108 Å². The van der Waals surface area contributed by atoms with Gasteiger partial charge < -0.3 is 5.11 Å². The first-order valence-corrected chi connectivity index (χ1v) is 6.72. The maximum atomic E-state index is 10.4. The van der Waals surface area contributed by atoms with E-state index in [1.54, 1.807) is 0 Å². The zero-order valence-corrected chi connectivity index (χ0v) is 11.3. The third-order valence-corrected chi connectivity index (χ3v) is 2.94. The standard InChI is InChI=1S/C13H23N3O2/c1-3-6-11(2)9-16-10-12(14-15-16)7-4-5-8-13(17)18/h10-11H,3-9H2,1-2H3,(H,17,18). The van der Waals surface area contributed by atoms with E-state index in [2.05, 4.69) is 24.2 Å². The normalized spacial score (nSPS) is 12.6. The summed E-state index contributed by atoms with van der Waals surface area (Å²) in [7, 11) is 0. The lowest BCUT2D eigenvalue weighted by atomic mass is 10.1. The third-order valence-electron chi connectivity index (χ3n) is 2.94. The van der Waals surface area contributed by atoms with Crippen LogP contribution in [0.3, 0.4) is 0 Å². The number of carboxylic acid groups (broad SMARTS) is 1. The zero-order valence-electron chi connectivity index (χ0n) is 11.3. The molecule has 0 bridgehead atoms. The van der Waals surface area contributed by atoms with E-state index in [1.165, 1.54) is 12.8 Å². The maximum Gasteiger partial charge on any atom is 0.303 e. The van der Waals surface area contributed by atoms with Gasteiger partial charge in [0.15, 0.2) is 0 Å². The van der Waals surface area contributed by atoms with Gasteiger partial charge in [-0.25, -0.2) is 0 Å². The number of rotatable bonds is 9. The summed E-state index contributed by atoms with van der Waals surface area (Å²) in [6.07, 6.45) is 6.99. The molecule has 5 heteroatoms. The van der Waals surface area contributed by atoms with Crippen LogP contribution in [0.5, 0.6) is 0 Å². The molecule has 0 saturated heterocycles. The highest BCUT2D eigenvalue weighted by Crippen LogP contribution is 2.09. The Bertz CT molecular complexity index is 363. The summed E-state index contributed by atoms with van der Waals surface area (Å²) < 4.78 is 1.90. The Morgan fingerprint density at radius 2 is 2.28 bits per heavy atom. The Balaban J connectivity index is 2.27. The van der Waals surface area contributed by atoms with Crippen LogP contribution in [0.25, 0.3) is 0 Å². The Hall–Kier alpha value is -1.39. The minimum atomic E-state index is -0.730. The molecule has 0 aliphatic heterocycles. The predicted molar refractivity (Wildman–Crippen MR) is 69.3 cm³/mol. The predicted octanol–water partition coefficient (Wildman–Crippen LogP) is 2.51. The van der Waals surface area contributed by atoms with Gasteiger partial charge in [0.05, 0.1) is 5.69 Å². The van der Waals surface area contributed by atoms with Crippen molar-refractivity contribution in [1.82, 2.24) is 15.0 Å². The molecule has 1 rings (SSSR count). The van der Waals surface area contributed by atoms with Crippen molar-refractivity contribution >= 4 is 5.97 Å². The Morgan fingerprint density at radius 1 is 1.50 bits per heavy atom. The largest absolute Gasteiger partial charge is 0.481 e. The first-order chi connectivity index (χ1) is 8.61. The lowest BCUT2D eigenvalue weighted by Crippen LogP contribution is -2.07. The van der Waals surface area contributed by atoms with E-state index in [0.717, 1.165) is 25.1 Å². The van der Waals surface area contributed by atoms with Gasteiger partial charge in [0.1, 0.15) is 0 Å². The fourth-order valence-electron chi connectivity index (χ4n) is 2.03. The van der Waals surface area contributed by atoms with Gasteiger partial charge in [0.2, 0.25) is 0 Å². The number of aryl methyl sites for hydroxylation is 1. The number of nitrogens with zero attached hydrogens (tertiary/aromatic N) is 3. The van der Waals surface area contributed by atoms with Gasteiger partial charge in [-0.1, -0.05) is 25.5 Å². The molecular formula is C13H23N3O2. The van der Waals surface area contributed by atoms with E-state index in [9.17, 15) is 4.79 Å². The molecule has 0 aliphatic rings. The zero-order chi connectivity index (χ0) is 13.4. The topological polar surface area (TPSA) is 68.0 Å². The molecule has 0 aliphatic carbocycles. The monoisotopic (exact) mass is 253 g/mol. The number of hydrogen-bond acceptors (Lipinski definition) is 3. The van der Waals surface area contributed by atoms with Crippen molar-refractivity contribution in [2.75, 3.05) is 0 Å². The van der Waals surface area contributed by atoms with E-state index < -0.39 is 5.97 Å². The van der Waals surface area contributed by atoms with Gasteiger partial charge in [0, 0.05) is 19.2 Å². The van der Waals surface area contributed by atoms with Crippen molar-refractivity contribution in [2.45, 2.75) is 58.9 Å². The summed E-state index contributed by atoms with van der Waals surface area (Å²) in [6, 6.07) is 0. The summed E-state index contributed by atoms with van der Waals surface area (Å²) in [5.74, 6) is -0.108. The molecule has 0 fully saturated rings. The first kappa shape index (κ1) is 14.7. The molecule has 18 heavy (non-hydrogen) atoms. The lowest BCUT2D eigenvalue weighted by Gasteiger charge is -2.08. The van der Waals surface area contributed by atoms with Crippen molar-refractivity contribution in [2.24, 2.45) is 5.92 Å². The van der Waals surface area contributed by atoms with E-state index in [0.29, 0.717) is 12.3 Å². The number of hydrogen-bond donors (Lipinski definition) is 1. The lowest BCUT2D eigenvalue weighted by molar-refractivity contribution is -0.137. The van der Waals surface area contributed by atoms with Crippen LogP contribution in [0.2, 0.25) is 0 Å². The van der Waals surface area contributed by atoms with Gasteiger partial charge in [0.25, 0.3) is 0 Å². The quantitative estimate of drug-likeness (QED) is 0.687. The third kappa shape index (κ3) is 5.80. The van der Waals surface area contributed by atoms with Gasteiger partial charge in [-0.05, 0) is 31.6 Å². The van der Waals surface area contributed by atoms with Crippen LogP contribution < -0.4 is 0 Å². The van der Waals surface area contributed by atoms with Crippen molar-refractivity contribution in [3.05, 3.63) is 11.9 Å². The molecule has 1 atom stereocenters. The highest BCUT2D eigenvalue weighted by molar-refractivity contribution is 5.66. The number of aromatic nitrogens is 3. The van der Waals surface area contributed by atoms with Crippen molar-refractivity contribution in [3.8, 4) is 0 Å². The molecule has 0 saturated carbocycles. The Kier molecular flexibility index (Phi) is 6.39. The summed E-state index contributed by atoms with van der Waals surface area (Å²) in [5, 5.41) is 16.7. The van der Waals surface area contributed by atoms with Gasteiger partial charge >= 0.3 is 5.97 Å². The SMILES string of the molecule is CCCC(C)Cn1cc(CCCCC(=O)O)nn1. The molecule has 1 aromatic rings. The van der Waals surface area contributed by atoms with E-state index >= 15 is 0 Å². The minimum Gasteiger partial charge on any atom is -0.481 e. The summed E-state index contributed by atoms with van der Waals surface area (Å²) in [5.41, 5.74) is 0.962. The molecule has 0 aromatic carbocycles. The molecule has 1 N–H and O–H groups in total. The van der Waals surface area contributed by atoms with Crippen LogP contribution in [0.4, 0.5) is 0 Å². The van der Waals surface area contributed by atoms with Crippen LogP contribution in [-0.4, -0.2) is 26.1 Å². The van der Waals surface area contributed by atoms with Crippen molar-refractivity contribution in [1.29, 1.82) is 0 Å². The Morgan fingerprint density at radius 3 is 2.94 bits per heavy atom. The second-order valence-electron chi connectivity index (χ2n) is 4.93. The number of unbranched alkanes of at least 4 members (excludes halogenated alkanes) is 1. The second kappa shape index (κ2) is 7.84. The van der Waals surface area contributed by atoms with Crippen LogP contribution in [0.15, 0.2) is 6.20 Å². The highest BCUT2D eigenvalue weighted by atomic mass is 16.4. The minimum absolute atomic E-state index is 0.238. The van der Waals surface area contributed by atoms with Gasteiger partial charge in [-0.15, -0.1) is 5.10 Å². The van der Waals surface area contributed by atoms with E-state index in [4.69, 9.17) is 5.11 Å². The molecule has 1 heterocycles. The molecule has 1 unspecified atom stereocenters. The molecule has 102 valence electrons. The maximum absolute atomic E-state index is 10.4. The summed E-state index contributed by atoms with van der Waals surface area (Å²) in [4.78, 5) is 10.4. The smallest absolute Gasteiger partial charge is 0.303 e. The highest BCUT2D eigenvalue weighted by Gasteiger charge is 2.05. The fraction of sp³-hybridized carbons (Fsp3) is 0.769. The summed E-state index contributed by atoms with van der Waals surface area (Å²) in [6.45, 7) is 5.32. The van der Waals surface area contributed by atoms with Crippen molar-refractivity contribution < 1.29 is 9.90 Å². The average molecular weight is 253 g/mol. The molecular weight excluding hydrogens is 230 g/mol. The van der Waals surface area contributed by atoms with E-state index in [-0.39, 0.29) is 6.42 Å². The van der Waals surface area contributed by atoms with Crippen LogP contribution in [0.1, 0.15) is 51.6 Å².